The zero-order chi connectivity index (χ0) is 16.7. The first-order chi connectivity index (χ1) is 11.2. The Hall–Kier alpha value is -2.24. The minimum Gasteiger partial charge on any atom is -0.320 e. The Morgan fingerprint density at radius 3 is 2.61 bits per heavy atom. The Bertz CT molecular complexity index is 703. The first-order valence-electron chi connectivity index (χ1n) is 8.35. The summed E-state index contributed by atoms with van der Waals surface area (Å²) in [5, 5.41) is 3.24. The fraction of sp³-hybridized carbons (Fsp3) is 0.529. The van der Waals surface area contributed by atoms with E-state index in [-0.39, 0.29) is 5.56 Å². The van der Waals surface area contributed by atoms with Gasteiger partial charge >= 0.3 is 11.7 Å². The molecule has 0 aliphatic heterocycles. The Kier molecular flexibility index (Phi) is 6.26. The number of carbonyl (C=O) groups is 1. The number of nitrogens with one attached hydrogen (secondary N) is 1. The summed E-state index contributed by atoms with van der Waals surface area (Å²) in [6.07, 6.45) is 4.34. The van der Waals surface area contributed by atoms with Gasteiger partial charge in [0, 0.05) is 13.1 Å². The largest absolute Gasteiger partial charge is 0.433 e. The van der Waals surface area contributed by atoms with E-state index in [4.69, 9.17) is 4.84 Å². The van der Waals surface area contributed by atoms with Crippen LogP contribution >= 0.6 is 0 Å². The smallest absolute Gasteiger partial charge is 0.320 e. The average Bonchev–Trinajstić information content (AvgIpc) is 2.82. The van der Waals surface area contributed by atoms with Crippen molar-refractivity contribution in [1.29, 1.82) is 0 Å². The molecule has 0 fully saturated rings. The molecule has 0 saturated heterocycles. The Labute approximate surface area is 136 Å². The van der Waals surface area contributed by atoms with Gasteiger partial charge in [0.05, 0.1) is 10.9 Å². The Balaban J connectivity index is 2.19. The number of nitrogens with zero attached hydrogens (tertiary/aromatic N) is 2. The van der Waals surface area contributed by atoms with E-state index in [1.807, 2.05) is 18.2 Å². The van der Waals surface area contributed by atoms with Gasteiger partial charge in [-0.3, -0.25) is 9.63 Å². The van der Waals surface area contributed by atoms with Crippen LogP contribution in [0.4, 0.5) is 4.79 Å². The number of aromatic nitrogens is 2. The lowest BCUT2D eigenvalue weighted by Crippen LogP contribution is -2.39. The molecule has 0 radical (unpaired) electrons. The highest BCUT2D eigenvalue weighted by molar-refractivity contribution is 5.78. The highest BCUT2D eigenvalue weighted by Crippen LogP contribution is 2.11. The highest BCUT2D eigenvalue weighted by atomic mass is 16.7. The Morgan fingerprint density at radius 2 is 1.87 bits per heavy atom. The number of fused-ring (bicyclic) bond motifs is 1. The number of hydrogen-bond donors (Lipinski definition) is 1. The quantitative estimate of drug-likeness (QED) is 0.761. The molecule has 126 valence electrons. The van der Waals surface area contributed by atoms with Crippen molar-refractivity contribution in [2.45, 2.75) is 52.5 Å². The van der Waals surface area contributed by atoms with E-state index in [2.05, 4.69) is 19.2 Å². The lowest BCUT2D eigenvalue weighted by atomic mass is 10.2. The van der Waals surface area contributed by atoms with Crippen LogP contribution in [0.2, 0.25) is 0 Å². The van der Waals surface area contributed by atoms with Crippen molar-refractivity contribution in [1.82, 2.24) is 14.8 Å². The predicted molar refractivity (Wildman–Crippen MR) is 90.6 cm³/mol. The van der Waals surface area contributed by atoms with Crippen molar-refractivity contribution < 1.29 is 9.63 Å². The van der Waals surface area contributed by atoms with Gasteiger partial charge in [0.25, 0.3) is 0 Å². The minimum atomic E-state index is -0.594. The van der Waals surface area contributed by atoms with E-state index in [9.17, 15) is 9.59 Å². The number of amides is 1. The van der Waals surface area contributed by atoms with Crippen molar-refractivity contribution >= 4 is 17.0 Å². The maximum absolute atomic E-state index is 12.5. The third kappa shape index (κ3) is 4.15. The average molecular weight is 319 g/mol. The van der Waals surface area contributed by atoms with Crippen LogP contribution < -0.4 is 15.7 Å². The molecule has 6 nitrogen and oxygen atoms in total. The normalized spacial score (nSPS) is 10.9. The molecule has 0 bridgehead atoms. The molecule has 1 amide bonds. The third-order valence-corrected chi connectivity index (χ3v) is 3.75. The van der Waals surface area contributed by atoms with Crippen LogP contribution in [0, 0.1) is 0 Å². The van der Waals surface area contributed by atoms with Crippen LogP contribution in [0.1, 0.15) is 46.0 Å². The molecule has 0 atom stereocenters. The van der Waals surface area contributed by atoms with Crippen LogP contribution in [0.3, 0.4) is 0 Å². The molecule has 1 aromatic heterocycles. The molecule has 23 heavy (non-hydrogen) atoms. The number of hydrogen-bond acceptors (Lipinski definition) is 3. The van der Waals surface area contributed by atoms with Gasteiger partial charge in [-0.2, -0.15) is 0 Å². The van der Waals surface area contributed by atoms with Gasteiger partial charge in [-0.15, -0.1) is 0 Å². The molecular formula is C17H25N3O3. The minimum absolute atomic E-state index is 0.305. The SMILES string of the molecule is CCCCCNC(=O)On1c(=O)c2ccccc2n1CCCC. The van der Waals surface area contributed by atoms with E-state index in [1.54, 1.807) is 10.7 Å². The van der Waals surface area contributed by atoms with E-state index in [0.29, 0.717) is 18.5 Å². The number of unbranched alkanes of at least 4 members (excludes halogenated alkanes) is 3. The van der Waals surface area contributed by atoms with Gasteiger partial charge in [-0.1, -0.05) is 50.1 Å². The summed E-state index contributed by atoms with van der Waals surface area (Å²) in [7, 11) is 0. The van der Waals surface area contributed by atoms with Crippen molar-refractivity contribution in [3.05, 3.63) is 34.6 Å². The van der Waals surface area contributed by atoms with Crippen LogP contribution in [0.25, 0.3) is 10.9 Å². The zero-order valence-electron chi connectivity index (χ0n) is 13.9. The molecule has 0 unspecified atom stereocenters. The highest BCUT2D eigenvalue weighted by Gasteiger charge is 2.16. The Morgan fingerprint density at radius 1 is 1.13 bits per heavy atom. The maximum Gasteiger partial charge on any atom is 0.433 e. The molecule has 1 heterocycles. The monoisotopic (exact) mass is 319 g/mol. The number of carbonyl (C=O) groups excluding carboxylic acids is 1. The van der Waals surface area contributed by atoms with E-state index >= 15 is 0 Å². The molecule has 0 aliphatic rings. The lowest BCUT2D eigenvalue weighted by molar-refractivity contribution is 0.0907. The van der Waals surface area contributed by atoms with Crippen LogP contribution in [0.15, 0.2) is 29.1 Å². The second kappa shape index (κ2) is 8.41. The van der Waals surface area contributed by atoms with Crippen molar-refractivity contribution in [2.75, 3.05) is 6.54 Å². The molecule has 2 aromatic rings. The fourth-order valence-electron chi connectivity index (χ4n) is 2.48. The van der Waals surface area contributed by atoms with Crippen molar-refractivity contribution in [3.8, 4) is 0 Å². The van der Waals surface area contributed by atoms with Gasteiger partial charge in [-0.05, 0) is 25.0 Å². The summed E-state index contributed by atoms with van der Waals surface area (Å²) in [4.78, 5) is 30.7. The summed E-state index contributed by atoms with van der Waals surface area (Å²) in [5.74, 6) is 0. The predicted octanol–water partition coefficient (Wildman–Crippen LogP) is 2.93. The molecule has 0 saturated carbocycles. The van der Waals surface area contributed by atoms with Crippen molar-refractivity contribution in [2.24, 2.45) is 0 Å². The van der Waals surface area contributed by atoms with Crippen molar-refractivity contribution in [3.63, 3.8) is 0 Å². The van der Waals surface area contributed by atoms with Crippen LogP contribution in [0.5, 0.6) is 0 Å². The fourth-order valence-corrected chi connectivity index (χ4v) is 2.48. The molecule has 1 N–H and O–H groups in total. The topological polar surface area (TPSA) is 65.3 Å². The van der Waals surface area contributed by atoms with Gasteiger partial charge in [0.1, 0.15) is 0 Å². The van der Waals surface area contributed by atoms with Gasteiger partial charge in [0.15, 0.2) is 0 Å². The lowest BCUT2D eigenvalue weighted by Gasteiger charge is -2.12. The van der Waals surface area contributed by atoms with Crippen LogP contribution in [-0.4, -0.2) is 22.2 Å². The molecule has 2 rings (SSSR count). The van der Waals surface area contributed by atoms with E-state index in [0.717, 1.165) is 42.5 Å². The van der Waals surface area contributed by atoms with Gasteiger partial charge in [0.2, 0.25) is 0 Å². The number of aryl methyl sites for hydroxylation is 1. The molecule has 0 aliphatic carbocycles. The number of rotatable bonds is 8. The third-order valence-electron chi connectivity index (χ3n) is 3.75. The number of benzene rings is 1. The number of para-hydroxylation sites is 1. The molecule has 0 spiro atoms. The standard InChI is InChI=1S/C17H25N3O3/c1-3-5-9-12-18-17(22)23-20-16(21)14-10-7-8-11-15(14)19(20)13-6-4-2/h7-8,10-11H,3-6,9,12-13H2,1-2H3,(H,18,22). The van der Waals surface area contributed by atoms with E-state index in [1.165, 1.54) is 0 Å². The summed E-state index contributed by atoms with van der Waals surface area (Å²) in [6.45, 7) is 5.36. The zero-order valence-corrected chi connectivity index (χ0v) is 13.9. The molecular weight excluding hydrogens is 294 g/mol. The second-order valence-corrected chi connectivity index (χ2v) is 5.58. The first kappa shape index (κ1) is 17.1. The van der Waals surface area contributed by atoms with Gasteiger partial charge in [-0.25, -0.2) is 9.48 Å². The van der Waals surface area contributed by atoms with Crippen LogP contribution in [-0.2, 0) is 6.54 Å². The molecule has 1 aromatic carbocycles. The second-order valence-electron chi connectivity index (χ2n) is 5.58. The van der Waals surface area contributed by atoms with E-state index < -0.39 is 6.09 Å². The van der Waals surface area contributed by atoms with Gasteiger partial charge < -0.3 is 5.32 Å². The molecule has 6 heteroatoms. The summed E-state index contributed by atoms with van der Waals surface area (Å²) >= 11 is 0. The maximum atomic E-state index is 12.5. The summed E-state index contributed by atoms with van der Waals surface area (Å²) < 4.78 is 1.73. The first-order valence-corrected chi connectivity index (χ1v) is 8.35. The summed E-state index contributed by atoms with van der Waals surface area (Å²) in [6, 6.07) is 7.30. The summed E-state index contributed by atoms with van der Waals surface area (Å²) in [5.41, 5.74) is 0.477.